The van der Waals surface area contributed by atoms with Crippen LogP contribution in [0.15, 0.2) is 0 Å². The summed E-state index contributed by atoms with van der Waals surface area (Å²) in [6, 6.07) is 0. The van der Waals surface area contributed by atoms with Gasteiger partial charge >= 0.3 is 15.3 Å². The van der Waals surface area contributed by atoms with Gasteiger partial charge in [-0.1, -0.05) is 13.8 Å². The van der Waals surface area contributed by atoms with Gasteiger partial charge in [0.25, 0.3) is 0 Å². The molecule has 0 aliphatic rings. The average Bonchev–Trinajstić information content (AvgIpc) is 2.27. The van der Waals surface area contributed by atoms with Crippen molar-refractivity contribution < 1.29 is 36.4 Å². The van der Waals surface area contributed by atoms with Crippen LogP contribution in [0.5, 0.6) is 0 Å². The Bertz CT molecular complexity index is 514. The second kappa shape index (κ2) is 7.66. The molecule has 0 saturated carbocycles. The maximum absolute atomic E-state index is 12.9. The molecule has 0 amide bonds. The van der Waals surface area contributed by atoms with Crippen molar-refractivity contribution in [1.29, 1.82) is 0 Å². The molecular formula is C9H23NO8P2S. The highest BCUT2D eigenvalue weighted by atomic mass is 32.2. The van der Waals surface area contributed by atoms with E-state index in [4.69, 9.17) is 18.8 Å². The van der Waals surface area contributed by atoms with Crippen LogP contribution in [0.4, 0.5) is 0 Å². The minimum Gasteiger partial charge on any atom is -0.312 e. The Morgan fingerprint density at radius 3 is 1.62 bits per heavy atom. The van der Waals surface area contributed by atoms with Gasteiger partial charge in [-0.2, -0.15) is 0 Å². The van der Waals surface area contributed by atoms with Crippen LogP contribution in [0.25, 0.3) is 0 Å². The summed E-state index contributed by atoms with van der Waals surface area (Å²) in [6.07, 6.45) is -0.397. The Kier molecular flexibility index (Phi) is 7.73. The summed E-state index contributed by atoms with van der Waals surface area (Å²) in [5, 5.41) is 0. The van der Waals surface area contributed by atoms with Gasteiger partial charge in [-0.05, 0) is 26.7 Å². The topological polar surface area (TPSA) is 139 Å². The molecule has 12 heteroatoms. The van der Waals surface area contributed by atoms with E-state index < -0.39 is 29.9 Å². The van der Waals surface area contributed by atoms with Crippen molar-refractivity contribution in [2.75, 3.05) is 13.2 Å². The molecule has 0 fully saturated rings. The van der Waals surface area contributed by atoms with Crippen LogP contribution >= 0.6 is 15.3 Å². The fraction of sp³-hybridized carbons (Fsp3) is 1.00. The Morgan fingerprint density at radius 1 is 1.00 bits per heavy atom. The van der Waals surface area contributed by atoms with Crippen LogP contribution in [0.1, 0.15) is 40.5 Å². The van der Waals surface area contributed by atoms with Crippen molar-refractivity contribution in [2.45, 2.75) is 45.0 Å². The summed E-state index contributed by atoms with van der Waals surface area (Å²) in [6.45, 7) is 5.78. The second-order valence-electron chi connectivity index (χ2n) is 4.13. The lowest BCUT2D eigenvalue weighted by molar-refractivity contribution is 0.204. The van der Waals surface area contributed by atoms with Crippen molar-refractivity contribution >= 4 is 25.4 Å². The maximum Gasteiger partial charge on any atom is 0.413 e. The normalized spacial score (nSPS) is 14.4. The van der Waals surface area contributed by atoms with Crippen LogP contribution in [0.3, 0.4) is 0 Å². The van der Waals surface area contributed by atoms with Crippen LogP contribution in [-0.4, -0.2) is 35.9 Å². The summed E-state index contributed by atoms with van der Waals surface area (Å²) in [7, 11) is -13.9. The third kappa shape index (κ3) is 4.59. The van der Waals surface area contributed by atoms with E-state index in [-0.39, 0.29) is 26.1 Å². The maximum atomic E-state index is 12.9. The lowest BCUT2D eigenvalue weighted by Crippen LogP contribution is -2.45. The van der Waals surface area contributed by atoms with E-state index in [0.29, 0.717) is 0 Å². The zero-order valence-corrected chi connectivity index (χ0v) is 15.1. The summed E-state index contributed by atoms with van der Waals surface area (Å²) in [4.78, 5) is 17.8. The molecule has 0 spiro atoms. The van der Waals surface area contributed by atoms with Gasteiger partial charge in [-0.25, -0.2) is 13.0 Å². The second-order valence-corrected chi connectivity index (χ2v) is 10.4. The molecule has 0 saturated heterocycles. The Hall–Kier alpha value is 0.210. The predicted molar refractivity (Wildman–Crippen MR) is 78.3 cm³/mol. The van der Waals surface area contributed by atoms with E-state index in [1.807, 2.05) is 0 Å². The predicted octanol–water partition coefficient (Wildman–Crippen LogP) is 1.78. The Labute approximate surface area is 125 Å². The summed E-state index contributed by atoms with van der Waals surface area (Å²) in [5.41, 5.74) is 0. The fourth-order valence-electron chi connectivity index (χ4n) is 2.02. The first-order valence-electron chi connectivity index (χ1n) is 6.43. The first kappa shape index (κ1) is 21.2. The molecule has 0 radical (unpaired) electrons. The number of hydrogen-bond donors (Lipinski definition) is 3. The zero-order chi connectivity index (χ0) is 16.9. The van der Waals surface area contributed by atoms with Gasteiger partial charge in [0.2, 0.25) is 10.0 Å². The van der Waals surface area contributed by atoms with Crippen molar-refractivity contribution in [2.24, 2.45) is 0 Å². The quantitative estimate of drug-likeness (QED) is 0.497. The first-order chi connectivity index (χ1) is 9.45. The van der Waals surface area contributed by atoms with Gasteiger partial charge in [0, 0.05) is 0 Å². The third-order valence-corrected chi connectivity index (χ3v) is 10.7. The standard InChI is InChI=1S/C9H23NO8P2S/c1-5-9(6-2,19(11,17-7-3)18-8-4)21(15,16)10-20(12,13)14/h5-8H2,1-4H3,(H3,10,12,13,14). The first-order valence-corrected chi connectivity index (χ1v) is 11.1. The average molecular weight is 367 g/mol. The molecule has 0 aromatic rings. The van der Waals surface area contributed by atoms with Crippen LogP contribution in [0.2, 0.25) is 0 Å². The molecule has 3 N–H and O–H groups in total. The minimum absolute atomic E-state index is 0.0650. The fourth-order valence-corrected chi connectivity index (χ4v) is 8.57. The molecular weight excluding hydrogens is 344 g/mol. The molecule has 21 heavy (non-hydrogen) atoms. The number of hydrogen-bond acceptors (Lipinski definition) is 6. The summed E-state index contributed by atoms with van der Waals surface area (Å²) < 4.78 is 58.0. The zero-order valence-electron chi connectivity index (χ0n) is 12.5. The van der Waals surface area contributed by atoms with Gasteiger partial charge in [0.1, 0.15) is 0 Å². The van der Waals surface area contributed by atoms with Gasteiger partial charge in [-0.3, -0.25) is 4.57 Å². The van der Waals surface area contributed by atoms with Crippen molar-refractivity contribution in [3.63, 3.8) is 0 Å². The summed E-state index contributed by atoms with van der Waals surface area (Å²) >= 11 is 0. The number of rotatable bonds is 10. The number of sulfonamides is 1. The van der Waals surface area contributed by atoms with E-state index >= 15 is 0 Å². The lowest BCUT2D eigenvalue weighted by Gasteiger charge is -2.36. The van der Waals surface area contributed by atoms with Crippen molar-refractivity contribution in [3.8, 4) is 0 Å². The molecule has 0 unspecified atom stereocenters. The third-order valence-electron chi connectivity index (χ3n) is 2.94. The van der Waals surface area contributed by atoms with Gasteiger partial charge in [-0.15, -0.1) is 4.49 Å². The molecule has 128 valence electrons. The van der Waals surface area contributed by atoms with E-state index in [2.05, 4.69) is 0 Å². The molecule has 0 aliphatic carbocycles. The van der Waals surface area contributed by atoms with Crippen molar-refractivity contribution in [3.05, 3.63) is 0 Å². The highest BCUT2D eigenvalue weighted by molar-refractivity contribution is 8.01. The van der Waals surface area contributed by atoms with Gasteiger partial charge in [0.05, 0.1) is 13.2 Å². The number of nitrogens with one attached hydrogen (secondary N) is 1. The SMILES string of the molecule is CCOP(=O)(OCC)C(CC)(CC)S(=O)(=O)NP(=O)(O)O. The molecule has 0 aromatic carbocycles. The minimum atomic E-state index is -5.09. The molecule has 0 aliphatic heterocycles. The molecule has 9 nitrogen and oxygen atoms in total. The molecule has 0 aromatic heterocycles. The van der Waals surface area contributed by atoms with E-state index in [1.165, 1.54) is 32.2 Å². The monoisotopic (exact) mass is 367 g/mol. The van der Waals surface area contributed by atoms with E-state index in [0.717, 1.165) is 0 Å². The Morgan fingerprint density at radius 2 is 1.38 bits per heavy atom. The molecule has 0 rings (SSSR count). The van der Waals surface area contributed by atoms with E-state index in [9.17, 15) is 17.5 Å². The highest BCUT2D eigenvalue weighted by Gasteiger charge is 2.59. The largest absolute Gasteiger partial charge is 0.413 e. The van der Waals surface area contributed by atoms with Crippen LogP contribution < -0.4 is 4.49 Å². The van der Waals surface area contributed by atoms with Crippen LogP contribution in [0, 0.1) is 0 Å². The molecule has 0 atom stereocenters. The van der Waals surface area contributed by atoms with E-state index in [1.54, 1.807) is 0 Å². The molecule has 0 heterocycles. The van der Waals surface area contributed by atoms with Gasteiger partial charge < -0.3 is 18.8 Å². The molecule has 0 bridgehead atoms. The smallest absolute Gasteiger partial charge is 0.312 e. The van der Waals surface area contributed by atoms with Gasteiger partial charge in [0.15, 0.2) is 4.49 Å². The van der Waals surface area contributed by atoms with Crippen molar-refractivity contribution in [1.82, 2.24) is 4.49 Å². The Balaban J connectivity index is 6.15. The summed E-state index contributed by atoms with van der Waals surface area (Å²) in [5.74, 6) is 0. The van der Waals surface area contributed by atoms with Crippen LogP contribution in [-0.2, 0) is 28.2 Å². The lowest BCUT2D eigenvalue weighted by atomic mass is 10.2. The highest BCUT2D eigenvalue weighted by Crippen LogP contribution is 2.65.